The molecule has 1 aromatic carbocycles. The van der Waals surface area contributed by atoms with Gasteiger partial charge in [-0.3, -0.25) is 4.98 Å². The van der Waals surface area contributed by atoms with Crippen LogP contribution in [0.1, 0.15) is 29.4 Å². The Kier molecular flexibility index (Phi) is 5.15. The number of rotatable bonds is 5. The van der Waals surface area contributed by atoms with E-state index in [1.54, 1.807) is 0 Å². The Morgan fingerprint density at radius 3 is 2.27 bits per heavy atom. The Morgan fingerprint density at radius 1 is 1.14 bits per heavy atom. The normalized spacial score (nSPS) is 12.0. The van der Waals surface area contributed by atoms with Crippen molar-refractivity contribution >= 4 is 6.09 Å². The minimum absolute atomic E-state index is 0.0892. The highest BCUT2D eigenvalue weighted by atomic mass is 16.4. The first-order chi connectivity index (χ1) is 10.5. The molecule has 1 aromatic heterocycles. The fourth-order valence-corrected chi connectivity index (χ4v) is 2.69. The van der Waals surface area contributed by atoms with Crippen LogP contribution < -0.4 is 0 Å². The number of amides is 1. The summed E-state index contributed by atoms with van der Waals surface area (Å²) >= 11 is 0. The van der Waals surface area contributed by atoms with E-state index >= 15 is 0 Å². The summed E-state index contributed by atoms with van der Waals surface area (Å²) in [5.41, 5.74) is 3.95. The van der Waals surface area contributed by atoms with Gasteiger partial charge in [-0.25, -0.2) is 4.79 Å². The predicted molar refractivity (Wildman–Crippen MR) is 86.9 cm³/mol. The van der Waals surface area contributed by atoms with Crippen LogP contribution in [0.2, 0.25) is 0 Å². The summed E-state index contributed by atoms with van der Waals surface area (Å²) in [4.78, 5) is 17.4. The summed E-state index contributed by atoms with van der Waals surface area (Å²) in [6, 6.07) is 13.8. The smallest absolute Gasteiger partial charge is 0.407 e. The van der Waals surface area contributed by atoms with E-state index in [9.17, 15) is 9.90 Å². The monoisotopic (exact) mass is 298 g/mol. The molecule has 1 unspecified atom stereocenters. The van der Waals surface area contributed by atoms with E-state index in [0.29, 0.717) is 13.0 Å². The Hall–Kier alpha value is -2.36. The van der Waals surface area contributed by atoms with Crippen molar-refractivity contribution in [3.8, 4) is 0 Å². The number of hydrogen-bond donors (Lipinski definition) is 1. The summed E-state index contributed by atoms with van der Waals surface area (Å²) in [6.45, 7) is 6.18. The number of carbonyl (C=O) groups is 1. The Morgan fingerprint density at radius 2 is 1.73 bits per heavy atom. The van der Waals surface area contributed by atoms with E-state index in [2.05, 4.69) is 4.98 Å². The Balaban J connectivity index is 2.13. The molecule has 0 saturated heterocycles. The average molecular weight is 298 g/mol. The molecule has 4 heteroatoms. The molecule has 116 valence electrons. The highest BCUT2D eigenvalue weighted by Crippen LogP contribution is 2.14. The van der Waals surface area contributed by atoms with Gasteiger partial charge >= 0.3 is 6.09 Å². The molecule has 0 spiro atoms. The van der Waals surface area contributed by atoms with Crippen molar-refractivity contribution in [1.82, 2.24) is 9.88 Å². The van der Waals surface area contributed by atoms with Crippen LogP contribution in [0.3, 0.4) is 0 Å². The third-order valence-corrected chi connectivity index (χ3v) is 3.65. The van der Waals surface area contributed by atoms with Crippen molar-refractivity contribution in [3.63, 3.8) is 0 Å². The van der Waals surface area contributed by atoms with Crippen LogP contribution in [0.25, 0.3) is 0 Å². The maximum atomic E-state index is 11.6. The topological polar surface area (TPSA) is 53.4 Å². The van der Waals surface area contributed by atoms with E-state index < -0.39 is 6.09 Å². The molecule has 1 amide bonds. The fourth-order valence-electron chi connectivity index (χ4n) is 2.69. The van der Waals surface area contributed by atoms with Gasteiger partial charge in [-0.15, -0.1) is 0 Å². The number of pyridine rings is 1. The predicted octanol–water partition coefficient (Wildman–Crippen LogP) is 3.81. The summed E-state index contributed by atoms with van der Waals surface area (Å²) in [5, 5.41) is 9.53. The fraction of sp³-hybridized carbons (Fsp3) is 0.333. The molecule has 2 aromatic rings. The van der Waals surface area contributed by atoms with Gasteiger partial charge in [-0.2, -0.15) is 0 Å². The lowest BCUT2D eigenvalue weighted by molar-refractivity contribution is 0.124. The number of aromatic nitrogens is 1. The minimum atomic E-state index is -0.893. The van der Waals surface area contributed by atoms with Gasteiger partial charge in [-0.05, 0) is 50.5 Å². The molecule has 1 atom stereocenters. The summed E-state index contributed by atoms with van der Waals surface area (Å²) in [7, 11) is 0. The molecule has 2 rings (SSSR count). The van der Waals surface area contributed by atoms with Crippen LogP contribution in [0.15, 0.2) is 42.5 Å². The molecule has 0 aliphatic rings. The molecule has 0 radical (unpaired) electrons. The summed E-state index contributed by atoms with van der Waals surface area (Å²) in [5.74, 6) is 0. The van der Waals surface area contributed by atoms with E-state index in [4.69, 9.17) is 0 Å². The quantitative estimate of drug-likeness (QED) is 0.913. The summed E-state index contributed by atoms with van der Waals surface area (Å²) in [6.07, 6.45) is -0.188. The van der Waals surface area contributed by atoms with Gasteiger partial charge in [-0.1, -0.05) is 30.3 Å². The van der Waals surface area contributed by atoms with Crippen LogP contribution >= 0.6 is 0 Å². The van der Waals surface area contributed by atoms with Crippen LogP contribution in [0.4, 0.5) is 4.79 Å². The number of hydrogen-bond acceptors (Lipinski definition) is 2. The third kappa shape index (κ3) is 4.32. The molecule has 0 bridgehead atoms. The second-order valence-corrected chi connectivity index (χ2v) is 5.71. The van der Waals surface area contributed by atoms with Crippen LogP contribution in [0, 0.1) is 13.8 Å². The summed E-state index contributed by atoms with van der Waals surface area (Å²) < 4.78 is 0. The lowest BCUT2D eigenvalue weighted by atomic mass is 10.1. The van der Waals surface area contributed by atoms with Gasteiger partial charge in [0.05, 0.1) is 0 Å². The van der Waals surface area contributed by atoms with E-state index in [1.807, 2.05) is 63.2 Å². The maximum absolute atomic E-state index is 11.6. The Bertz CT molecular complexity index is 621. The number of benzene rings is 1. The van der Waals surface area contributed by atoms with Gasteiger partial charge in [0.2, 0.25) is 0 Å². The van der Waals surface area contributed by atoms with Crippen molar-refractivity contribution < 1.29 is 9.90 Å². The van der Waals surface area contributed by atoms with Crippen molar-refractivity contribution in [2.75, 3.05) is 0 Å². The SMILES string of the molecule is Cc1cc(CN(C(=O)O)C(C)Cc2ccccc2)cc(C)n1. The largest absolute Gasteiger partial charge is 0.465 e. The first kappa shape index (κ1) is 16.0. The molecule has 0 aliphatic carbocycles. The highest BCUT2D eigenvalue weighted by molar-refractivity contribution is 5.65. The Labute approximate surface area is 131 Å². The molecule has 4 nitrogen and oxygen atoms in total. The van der Waals surface area contributed by atoms with Crippen molar-refractivity contribution in [2.45, 2.75) is 39.8 Å². The van der Waals surface area contributed by atoms with Gasteiger partial charge in [0.15, 0.2) is 0 Å². The van der Waals surface area contributed by atoms with Crippen molar-refractivity contribution in [2.24, 2.45) is 0 Å². The molecule has 1 heterocycles. The lowest BCUT2D eigenvalue weighted by Crippen LogP contribution is -2.38. The van der Waals surface area contributed by atoms with Crippen LogP contribution in [0.5, 0.6) is 0 Å². The van der Waals surface area contributed by atoms with Gasteiger partial charge in [0.25, 0.3) is 0 Å². The molecular weight excluding hydrogens is 276 g/mol. The first-order valence-corrected chi connectivity index (χ1v) is 7.43. The van der Waals surface area contributed by atoms with E-state index in [1.165, 1.54) is 4.90 Å². The number of nitrogens with zero attached hydrogens (tertiary/aromatic N) is 2. The lowest BCUT2D eigenvalue weighted by Gasteiger charge is -2.27. The molecule has 0 saturated carbocycles. The second kappa shape index (κ2) is 7.07. The zero-order valence-corrected chi connectivity index (χ0v) is 13.3. The molecule has 1 N–H and O–H groups in total. The standard InChI is InChI=1S/C18H22N2O2/c1-13-9-17(10-14(2)19-13)12-20(18(21)22)15(3)11-16-7-5-4-6-8-16/h4-10,15H,11-12H2,1-3H3,(H,21,22). The van der Waals surface area contributed by atoms with Gasteiger partial charge < -0.3 is 10.0 Å². The third-order valence-electron chi connectivity index (χ3n) is 3.65. The van der Waals surface area contributed by atoms with Crippen molar-refractivity contribution in [3.05, 3.63) is 65.0 Å². The number of carboxylic acid groups (broad SMARTS) is 1. The minimum Gasteiger partial charge on any atom is -0.465 e. The molecule has 0 fully saturated rings. The molecular formula is C18H22N2O2. The van der Waals surface area contributed by atoms with E-state index in [0.717, 1.165) is 22.5 Å². The van der Waals surface area contributed by atoms with Crippen LogP contribution in [-0.4, -0.2) is 27.1 Å². The second-order valence-electron chi connectivity index (χ2n) is 5.71. The van der Waals surface area contributed by atoms with Crippen molar-refractivity contribution in [1.29, 1.82) is 0 Å². The highest BCUT2D eigenvalue weighted by Gasteiger charge is 2.20. The molecule has 22 heavy (non-hydrogen) atoms. The molecule has 0 aliphatic heterocycles. The average Bonchev–Trinajstić information content (AvgIpc) is 2.44. The number of aryl methyl sites for hydroxylation is 2. The van der Waals surface area contributed by atoms with E-state index in [-0.39, 0.29) is 6.04 Å². The van der Waals surface area contributed by atoms with Crippen LogP contribution in [-0.2, 0) is 13.0 Å². The maximum Gasteiger partial charge on any atom is 0.407 e. The zero-order chi connectivity index (χ0) is 16.1. The zero-order valence-electron chi connectivity index (χ0n) is 13.3. The van der Waals surface area contributed by atoms with Gasteiger partial charge in [0.1, 0.15) is 0 Å². The van der Waals surface area contributed by atoms with Gasteiger partial charge in [0, 0.05) is 24.0 Å². The first-order valence-electron chi connectivity index (χ1n) is 7.43.